The van der Waals surface area contributed by atoms with Crippen LogP contribution in [0.1, 0.15) is 36.8 Å². The van der Waals surface area contributed by atoms with Crippen molar-refractivity contribution in [3.05, 3.63) is 29.3 Å². The SMILES string of the molecule is COc1c([C]=O)cccc1C1CCOC(C)C1. The van der Waals surface area contributed by atoms with Gasteiger partial charge in [0.15, 0.2) is 0 Å². The zero-order chi connectivity index (χ0) is 12.3. The molecule has 0 N–H and O–H groups in total. The number of para-hydroxylation sites is 1. The van der Waals surface area contributed by atoms with E-state index in [1.54, 1.807) is 13.2 Å². The molecule has 91 valence electrons. The molecular formula is C14H17O3. The Bertz CT molecular complexity index is 400. The third-order valence-corrected chi connectivity index (χ3v) is 3.28. The average Bonchev–Trinajstić information content (AvgIpc) is 2.37. The Morgan fingerprint density at radius 3 is 2.94 bits per heavy atom. The molecule has 1 aliphatic rings. The minimum atomic E-state index is 0.266. The first-order valence-corrected chi connectivity index (χ1v) is 5.93. The van der Waals surface area contributed by atoms with E-state index in [0.29, 0.717) is 17.2 Å². The summed E-state index contributed by atoms with van der Waals surface area (Å²) in [6.45, 7) is 2.85. The number of benzene rings is 1. The lowest BCUT2D eigenvalue weighted by atomic mass is 9.87. The van der Waals surface area contributed by atoms with E-state index in [4.69, 9.17) is 9.47 Å². The molecule has 1 aromatic rings. The quantitative estimate of drug-likeness (QED) is 0.804. The summed E-state index contributed by atoms with van der Waals surface area (Å²) in [5.41, 5.74) is 1.60. The standard InChI is InChI=1S/C14H17O3/c1-10-8-11(6-7-17-10)13-5-3-4-12(9-15)14(13)16-2/h3-5,10-11H,6-8H2,1-2H3. The van der Waals surface area contributed by atoms with E-state index in [0.717, 1.165) is 25.0 Å². The van der Waals surface area contributed by atoms with Gasteiger partial charge < -0.3 is 9.47 Å². The molecule has 1 aliphatic heterocycles. The first-order valence-electron chi connectivity index (χ1n) is 5.93. The van der Waals surface area contributed by atoms with Crippen molar-refractivity contribution in [2.45, 2.75) is 31.8 Å². The van der Waals surface area contributed by atoms with Gasteiger partial charge in [0.25, 0.3) is 0 Å². The molecule has 0 saturated carbocycles. The van der Waals surface area contributed by atoms with Crippen molar-refractivity contribution in [3.63, 3.8) is 0 Å². The maximum atomic E-state index is 10.9. The van der Waals surface area contributed by atoms with Crippen LogP contribution in [0.15, 0.2) is 18.2 Å². The zero-order valence-corrected chi connectivity index (χ0v) is 10.2. The van der Waals surface area contributed by atoms with Gasteiger partial charge in [0, 0.05) is 6.61 Å². The number of hydrogen-bond donors (Lipinski definition) is 0. The molecule has 3 heteroatoms. The van der Waals surface area contributed by atoms with Crippen molar-refractivity contribution in [2.75, 3.05) is 13.7 Å². The van der Waals surface area contributed by atoms with Crippen molar-refractivity contribution >= 4 is 6.29 Å². The van der Waals surface area contributed by atoms with Gasteiger partial charge in [-0.2, -0.15) is 0 Å². The van der Waals surface area contributed by atoms with Crippen LogP contribution < -0.4 is 4.74 Å². The van der Waals surface area contributed by atoms with Crippen LogP contribution in [0.2, 0.25) is 0 Å². The van der Waals surface area contributed by atoms with Crippen molar-refractivity contribution in [3.8, 4) is 5.75 Å². The summed E-state index contributed by atoms with van der Waals surface area (Å²) in [4.78, 5) is 10.9. The van der Waals surface area contributed by atoms with E-state index >= 15 is 0 Å². The van der Waals surface area contributed by atoms with E-state index in [-0.39, 0.29) is 6.10 Å². The van der Waals surface area contributed by atoms with Gasteiger partial charge in [0.2, 0.25) is 6.29 Å². The Kier molecular flexibility index (Phi) is 3.79. The number of hydrogen-bond acceptors (Lipinski definition) is 3. The van der Waals surface area contributed by atoms with Gasteiger partial charge in [0.1, 0.15) is 5.75 Å². The number of rotatable bonds is 3. The molecule has 0 bridgehead atoms. The minimum absolute atomic E-state index is 0.266. The smallest absolute Gasteiger partial charge is 0.237 e. The molecule has 1 heterocycles. The summed E-state index contributed by atoms with van der Waals surface area (Å²) >= 11 is 0. The zero-order valence-electron chi connectivity index (χ0n) is 10.2. The van der Waals surface area contributed by atoms with Crippen molar-refractivity contribution < 1.29 is 14.3 Å². The van der Waals surface area contributed by atoms with Crippen LogP contribution in [0.5, 0.6) is 5.75 Å². The highest BCUT2D eigenvalue weighted by Gasteiger charge is 2.24. The van der Waals surface area contributed by atoms with Crippen molar-refractivity contribution in [1.82, 2.24) is 0 Å². The largest absolute Gasteiger partial charge is 0.496 e. The van der Waals surface area contributed by atoms with E-state index < -0.39 is 0 Å². The molecule has 0 aliphatic carbocycles. The third-order valence-electron chi connectivity index (χ3n) is 3.28. The summed E-state index contributed by atoms with van der Waals surface area (Å²) in [5, 5.41) is 0. The molecular weight excluding hydrogens is 216 g/mol. The Morgan fingerprint density at radius 1 is 1.47 bits per heavy atom. The predicted molar refractivity (Wildman–Crippen MR) is 65.2 cm³/mol. The molecule has 2 unspecified atom stereocenters. The van der Waals surface area contributed by atoms with E-state index in [9.17, 15) is 4.79 Å². The summed E-state index contributed by atoms with van der Waals surface area (Å²) in [6, 6.07) is 5.65. The summed E-state index contributed by atoms with van der Waals surface area (Å²) < 4.78 is 10.9. The minimum Gasteiger partial charge on any atom is -0.496 e. The van der Waals surface area contributed by atoms with E-state index in [1.807, 2.05) is 18.4 Å². The number of methoxy groups -OCH3 is 1. The molecule has 0 amide bonds. The van der Waals surface area contributed by atoms with Crippen LogP contribution in [0, 0.1) is 0 Å². The molecule has 2 rings (SSSR count). The van der Waals surface area contributed by atoms with Gasteiger partial charge in [-0.25, -0.2) is 0 Å². The molecule has 1 saturated heterocycles. The van der Waals surface area contributed by atoms with Crippen LogP contribution in [0.3, 0.4) is 0 Å². The number of ether oxygens (including phenoxy) is 2. The summed E-state index contributed by atoms with van der Waals surface area (Å²) in [5.74, 6) is 1.07. The Labute approximate surface area is 102 Å². The van der Waals surface area contributed by atoms with Crippen LogP contribution in [0.25, 0.3) is 0 Å². The van der Waals surface area contributed by atoms with Gasteiger partial charge in [-0.1, -0.05) is 12.1 Å². The lowest BCUT2D eigenvalue weighted by molar-refractivity contribution is 0.0183. The molecule has 1 aromatic carbocycles. The van der Waals surface area contributed by atoms with Crippen LogP contribution in [0.4, 0.5) is 0 Å². The van der Waals surface area contributed by atoms with Gasteiger partial charge in [0.05, 0.1) is 18.8 Å². The molecule has 0 aromatic heterocycles. The lowest BCUT2D eigenvalue weighted by Crippen LogP contribution is -2.22. The molecule has 3 nitrogen and oxygen atoms in total. The van der Waals surface area contributed by atoms with Gasteiger partial charge in [-0.3, -0.25) is 4.79 Å². The fourth-order valence-corrected chi connectivity index (χ4v) is 2.47. The predicted octanol–water partition coefficient (Wildman–Crippen LogP) is 2.44. The van der Waals surface area contributed by atoms with Crippen molar-refractivity contribution in [1.29, 1.82) is 0 Å². The van der Waals surface area contributed by atoms with Crippen LogP contribution >= 0.6 is 0 Å². The Hall–Kier alpha value is -1.35. The molecule has 1 fully saturated rings. The van der Waals surface area contributed by atoms with Gasteiger partial charge in [-0.05, 0) is 37.3 Å². The van der Waals surface area contributed by atoms with E-state index in [1.165, 1.54) is 0 Å². The molecule has 2 atom stereocenters. The highest BCUT2D eigenvalue weighted by molar-refractivity contribution is 5.80. The monoisotopic (exact) mass is 233 g/mol. The highest BCUT2D eigenvalue weighted by Crippen LogP contribution is 2.36. The molecule has 17 heavy (non-hydrogen) atoms. The van der Waals surface area contributed by atoms with Crippen LogP contribution in [-0.4, -0.2) is 26.1 Å². The first-order chi connectivity index (χ1) is 8.26. The summed E-state index contributed by atoms with van der Waals surface area (Å²) in [6.07, 6.45) is 4.14. The van der Waals surface area contributed by atoms with E-state index in [2.05, 4.69) is 6.92 Å². The lowest BCUT2D eigenvalue weighted by Gasteiger charge is -2.28. The normalized spacial score (nSPS) is 24.4. The summed E-state index contributed by atoms with van der Waals surface area (Å²) in [7, 11) is 1.60. The Balaban J connectivity index is 2.33. The van der Waals surface area contributed by atoms with Crippen molar-refractivity contribution in [2.24, 2.45) is 0 Å². The first kappa shape index (κ1) is 12.1. The second kappa shape index (κ2) is 5.32. The highest BCUT2D eigenvalue weighted by atomic mass is 16.5. The number of carbonyl (C=O) groups excluding carboxylic acids is 1. The maximum Gasteiger partial charge on any atom is 0.237 e. The third kappa shape index (κ3) is 2.50. The maximum absolute atomic E-state index is 10.9. The fraction of sp³-hybridized carbons (Fsp3) is 0.500. The fourth-order valence-electron chi connectivity index (χ4n) is 2.47. The van der Waals surface area contributed by atoms with Crippen LogP contribution in [-0.2, 0) is 9.53 Å². The second-order valence-corrected chi connectivity index (χ2v) is 4.43. The van der Waals surface area contributed by atoms with Gasteiger partial charge >= 0.3 is 0 Å². The Morgan fingerprint density at radius 2 is 2.29 bits per heavy atom. The van der Waals surface area contributed by atoms with Gasteiger partial charge in [-0.15, -0.1) is 0 Å². The second-order valence-electron chi connectivity index (χ2n) is 4.43. The topological polar surface area (TPSA) is 35.5 Å². The molecule has 1 radical (unpaired) electrons. The average molecular weight is 233 g/mol. The molecule has 0 spiro atoms.